The third-order valence-corrected chi connectivity index (χ3v) is 9.36. The summed E-state index contributed by atoms with van der Waals surface area (Å²) in [5.41, 5.74) is 10.1. The first kappa shape index (κ1) is 28.2. The fourth-order valence-corrected chi connectivity index (χ4v) is 7.41. The third kappa shape index (κ3) is 4.24. The lowest BCUT2D eigenvalue weighted by Gasteiger charge is -2.27. The van der Waals surface area contributed by atoms with Crippen LogP contribution in [0, 0.1) is 22.7 Å². The number of hydrogen-bond acceptors (Lipinski definition) is 4. The van der Waals surface area contributed by atoms with E-state index < -0.39 is 0 Å². The van der Waals surface area contributed by atoms with Crippen molar-refractivity contribution in [3.63, 3.8) is 0 Å². The van der Waals surface area contributed by atoms with Gasteiger partial charge >= 0.3 is 0 Å². The highest BCUT2D eigenvalue weighted by Gasteiger charge is 2.26. The Morgan fingerprint density at radius 2 is 0.776 bits per heavy atom. The van der Waals surface area contributed by atoms with Crippen LogP contribution in [0.2, 0.25) is 0 Å². The second kappa shape index (κ2) is 11.3. The van der Waals surface area contributed by atoms with Gasteiger partial charge in [0.15, 0.2) is 0 Å². The minimum atomic E-state index is 0.605. The van der Waals surface area contributed by atoms with E-state index in [1.807, 2.05) is 84.9 Å². The second-order valence-corrected chi connectivity index (χ2v) is 12.0. The van der Waals surface area contributed by atoms with Crippen LogP contribution in [0.25, 0.3) is 38.1 Å². The van der Waals surface area contributed by atoms with Crippen LogP contribution in [0.15, 0.2) is 164 Å². The second-order valence-electron chi connectivity index (χ2n) is 12.0. The number of nitriles is 2. The van der Waals surface area contributed by atoms with Crippen LogP contribution >= 0.6 is 0 Å². The molecule has 2 aromatic heterocycles. The Kier molecular flexibility index (Phi) is 6.50. The van der Waals surface area contributed by atoms with Crippen molar-refractivity contribution in [2.45, 2.75) is 0 Å². The topological polar surface area (TPSA) is 58.5 Å². The predicted octanol–water partition coefficient (Wildman–Crippen LogP) is 11.5. The summed E-state index contributed by atoms with van der Waals surface area (Å²) in [7, 11) is 0. The maximum absolute atomic E-state index is 10.2. The Morgan fingerprint density at radius 3 is 1.22 bits per heavy atom. The molecule has 7 aromatic carbocycles. The zero-order chi connectivity index (χ0) is 32.9. The first-order chi connectivity index (χ1) is 24.3. The molecule has 5 nitrogen and oxygen atoms in total. The Hall–Kier alpha value is -7.08. The molecule has 0 atom stereocenters. The number of aromatic nitrogens is 1. The Labute approximate surface area is 283 Å². The van der Waals surface area contributed by atoms with E-state index in [2.05, 4.69) is 105 Å². The third-order valence-electron chi connectivity index (χ3n) is 9.36. The van der Waals surface area contributed by atoms with E-state index in [1.54, 1.807) is 0 Å². The number of nitrogens with zero attached hydrogens (tertiary/aromatic N) is 5. The SMILES string of the molecule is N#Cc1ccccc1N(c1ccccc1)c1cccc2c1c1cccc3c4c(N(c5ccccc5)c5ccccc5C#N)cccc4n2c13. The van der Waals surface area contributed by atoms with Gasteiger partial charge in [-0.25, -0.2) is 0 Å². The van der Waals surface area contributed by atoms with Crippen LogP contribution in [0.3, 0.4) is 0 Å². The fraction of sp³-hybridized carbons (Fsp3) is 0. The first-order valence-corrected chi connectivity index (χ1v) is 16.2. The quantitative estimate of drug-likeness (QED) is 0.184. The summed E-state index contributed by atoms with van der Waals surface area (Å²) in [6, 6.07) is 60.3. The van der Waals surface area contributed by atoms with Gasteiger partial charge < -0.3 is 14.2 Å². The van der Waals surface area contributed by atoms with Gasteiger partial charge in [0.25, 0.3) is 0 Å². The summed E-state index contributed by atoms with van der Waals surface area (Å²) in [6.45, 7) is 0. The Bertz CT molecular complexity index is 2570. The van der Waals surface area contributed by atoms with Gasteiger partial charge in [0, 0.05) is 32.9 Å². The number of rotatable bonds is 6. The smallest absolute Gasteiger partial charge is 0.101 e. The highest BCUT2D eigenvalue weighted by molar-refractivity contribution is 6.28. The minimum Gasteiger partial charge on any atom is -0.308 e. The molecule has 0 amide bonds. The van der Waals surface area contributed by atoms with Gasteiger partial charge in [-0.1, -0.05) is 91.0 Å². The standard InChI is InChI=1S/C44H27N5/c45-28-30-14-7-9-22-36(30)47(32-16-3-1-4-17-32)38-24-12-26-40-42(38)34-20-11-21-35-43-39(25-13-27-41(43)49(40)44(34)35)48(33-18-5-2-6-19-33)37-23-10-8-15-31(37)29-46/h1-27H. The maximum atomic E-state index is 10.2. The summed E-state index contributed by atoms with van der Waals surface area (Å²) in [5.74, 6) is 0. The van der Waals surface area contributed by atoms with Gasteiger partial charge in [0.1, 0.15) is 12.1 Å². The molecule has 0 bridgehead atoms. The van der Waals surface area contributed by atoms with E-state index >= 15 is 0 Å². The van der Waals surface area contributed by atoms with E-state index in [0.717, 1.165) is 72.2 Å². The molecule has 0 aliphatic heterocycles. The highest BCUT2D eigenvalue weighted by atomic mass is 15.2. The lowest BCUT2D eigenvalue weighted by Crippen LogP contribution is -2.12. The summed E-state index contributed by atoms with van der Waals surface area (Å²) in [5, 5.41) is 24.8. The molecule has 0 unspecified atom stereocenters. The van der Waals surface area contributed by atoms with Crippen molar-refractivity contribution >= 4 is 72.2 Å². The zero-order valence-electron chi connectivity index (χ0n) is 26.3. The average molecular weight is 626 g/mol. The molecule has 0 saturated heterocycles. The molecule has 9 rings (SSSR count). The van der Waals surface area contributed by atoms with Crippen LogP contribution in [-0.2, 0) is 0 Å². The molecule has 49 heavy (non-hydrogen) atoms. The monoisotopic (exact) mass is 625 g/mol. The van der Waals surface area contributed by atoms with Crippen molar-refractivity contribution in [1.29, 1.82) is 10.5 Å². The molecule has 0 spiro atoms. The molecule has 228 valence electrons. The Balaban J connectivity index is 1.38. The number of benzene rings is 7. The van der Waals surface area contributed by atoms with Crippen molar-refractivity contribution in [3.8, 4) is 12.1 Å². The molecular weight excluding hydrogens is 599 g/mol. The van der Waals surface area contributed by atoms with E-state index in [-0.39, 0.29) is 0 Å². The van der Waals surface area contributed by atoms with Crippen molar-refractivity contribution in [3.05, 3.63) is 175 Å². The van der Waals surface area contributed by atoms with E-state index in [9.17, 15) is 10.5 Å². The molecule has 0 radical (unpaired) electrons. The van der Waals surface area contributed by atoms with Crippen molar-refractivity contribution in [2.24, 2.45) is 0 Å². The van der Waals surface area contributed by atoms with Gasteiger partial charge in [-0.05, 0) is 72.8 Å². The van der Waals surface area contributed by atoms with Crippen molar-refractivity contribution in [2.75, 3.05) is 9.80 Å². The van der Waals surface area contributed by atoms with Crippen LogP contribution in [0.5, 0.6) is 0 Å². The van der Waals surface area contributed by atoms with Gasteiger partial charge in [-0.15, -0.1) is 0 Å². The largest absolute Gasteiger partial charge is 0.308 e. The summed E-state index contributed by atoms with van der Waals surface area (Å²) in [6.07, 6.45) is 0. The molecule has 2 heterocycles. The van der Waals surface area contributed by atoms with Crippen LogP contribution < -0.4 is 9.80 Å². The molecule has 5 heteroatoms. The van der Waals surface area contributed by atoms with E-state index in [4.69, 9.17) is 0 Å². The maximum Gasteiger partial charge on any atom is 0.101 e. The number of para-hydroxylation sites is 5. The lowest BCUT2D eigenvalue weighted by molar-refractivity contribution is 1.28. The molecule has 0 aliphatic carbocycles. The van der Waals surface area contributed by atoms with Crippen molar-refractivity contribution in [1.82, 2.24) is 4.40 Å². The minimum absolute atomic E-state index is 0.605. The van der Waals surface area contributed by atoms with Gasteiger partial charge in [-0.2, -0.15) is 10.5 Å². The van der Waals surface area contributed by atoms with Gasteiger partial charge in [0.2, 0.25) is 0 Å². The van der Waals surface area contributed by atoms with Gasteiger partial charge in [0.05, 0.1) is 50.4 Å². The van der Waals surface area contributed by atoms with Crippen LogP contribution in [0.1, 0.15) is 11.1 Å². The average Bonchev–Trinajstić information content (AvgIpc) is 3.70. The normalized spacial score (nSPS) is 11.2. The van der Waals surface area contributed by atoms with Crippen LogP contribution in [0.4, 0.5) is 34.1 Å². The highest BCUT2D eigenvalue weighted by Crippen LogP contribution is 2.49. The zero-order valence-corrected chi connectivity index (χ0v) is 26.3. The van der Waals surface area contributed by atoms with E-state index in [1.165, 1.54) is 0 Å². The number of hydrogen-bond donors (Lipinski definition) is 0. The summed E-state index contributed by atoms with van der Waals surface area (Å²) in [4.78, 5) is 4.40. The number of fused-ring (bicyclic) bond motifs is 6. The fourth-order valence-electron chi connectivity index (χ4n) is 7.41. The van der Waals surface area contributed by atoms with Gasteiger partial charge in [-0.3, -0.25) is 0 Å². The number of anilines is 6. The lowest BCUT2D eigenvalue weighted by atomic mass is 10.0. The molecular formula is C44H27N5. The molecule has 9 aromatic rings. The first-order valence-electron chi connectivity index (χ1n) is 16.2. The molecule has 0 aliphatic rings. The summed E-state index contributed by atoms with van der Waals surface area (Å²) < 4.78 is 2.38. The predicted molar refractivity (Wildman–Crippen MR) is 200 cm³/mol. The molecule has 0 saturated carbocycles. The van der Waals surface area contributed by atoms with Crippen LogP contribution in [-0.4, -0.2) is 4.40 Å². The Morgan fingerprint density at radius 1 is 0.388 bits per heavy atom. The summed E-state index contributed by atoms with van der Waals surface area (Å²) >= 11 is 0. The van der Waals surface area contributed by atoms with Crippen molar-refractivity contribution < 1.29 is 0 Å². The molecule has 0 N–H and O–H groups in total. The van der Waals surface area contributed by atoms with E-state index in [0.29, 0.717) is 11.1 Å². The molecule has 0 fully saturated rings.